The zero-order valence-corrected chi connectivity index (χ0v) is 34.4. The van der Waals surface area contributed by atoms with Crippen molar-refractivity contribution in [2.75, 3.05) is 24.0 Å². The van der Waals surface area contributed by atoms with Gasteiger partial charge in [-0.1, -0.05) is 47.0 Å². The Morgan fingerprint density at radius 3 is 1.94 bits per heavy atom. The Labute approximate surface area is 356 Å². The molecule has 1 aliphatic carbocycles. The van der Waals surface area contributed by atoms with Gasteiger partial charge in [0, 0.05) is 45.6 Å². The number of esters is 2. The number of nitrogens with two attached hydrogens (primary N) is 1. The van der Waals surface area contributed by atoms with E-state index in [2.05, 4.69) is 21.0 Å². The Morgan fingerprint density at radius 2 is 1.42 bits per heavy atom. The topological polar surface area (TPSA) is 172 Å². The largest absolute Gasteiger partial charge is 0.462 e. The number of anilines is 2. The summed E-state index contributed by atoms with van der Waals surface area (Å²) >= 11 is 6.20. The standard InChI is InChI=1S/C24H21ClF7N3O.C9H9N3O2.C9H11NO2/c1-12-7-15(22(26,23(27,28)29)24(30,31)32)8-13(2)21(12)19-11-35(34-33-19)16-5-6-18(25)17(10-16)20(36)9-14-3-4-14;1-2-14-9(13)7-4-3-5-8(6-7)11-12-10;1-2-12-9(11)7-4-3-5-8(10)6-7/h5-8,10-11,14,33-34H,3-4,9H2,1-2H3;3-6H,2H2,1H3;3-6H,2,10H2,1H3. The first-order chi connectivity index (χ1) is 29.1. The molecule has 1 fully saturated rings. The highest BCUT2D eigenvalue weighted by Crippen LogP contribution is 2.53. The molecule has 0 saturated heterocycles. The fourth-order valence-electron chi connectivity index (χ4n) is 6.07. The first-order valence-electron chi connectivity index (χ1n) is 18.8. The average molecular weight is 892 g/mol. The van der Waals surface area contributed by atoms with Crippen molar-refractivity contribution in [3.05, 3.63) is 139 Å². The van der Waals surface area contributed by atoms with Crippen LogP contribution in [0.2, 0.25) is 5.02 Å². The van der Waals surface area contributed by atoms with Gasteiger partial charge < -0.3 is 20.6 Å². The SMILES string of the molecule is CCOC(=O)c1cccc(N)c1.CCOC(=O)c1cccc(N=[N+]=[N-])c1.Cc1cc(C(F)(C(F)(F)F)C(F)(F)F)cc(C)c1C1=CN(c2ccc(Cl)c(C(=O)CC3CC3)c2)NN1. The van der Waals surface area contributed by atoms with Crippen LogP contribution in [0.5, 0.6) is 0 Å². The lowest BCUT2D eigenvalue weighted by molar-refractivity contribution is -0.348. The summed E-state index contributed by atoms with van der Waals surface area (Å²) in [5, 5.41) is 5.16. The molecule has 0 unspecified atom stereocenters. The molecule has 0 radical (unpaired) electrons. The maximum Gasteiger partial charge on any atom is 0.435 e. The smallest absolute Gasteiger partial charge is 0.435 e. The van der Waals surface area contributed by atoms with E-state index in [1.165, 1.54) is 31.1 Å². The minimum Gasteiger partial charge on any atom is -0.462 e. The monoisotopic (exact) mass is 891 g/mol. The van der Waals surface area contributed by atoms with E-state index in [1.54, 1.807) is 74.5 Å². The molecule has 1 saturated carbocycles. The number of nitrogen functional groups attached to an aromatic ring is 1. The second kappa shape index (κ2) is 20.5. The van der Waals surface area contributed by atoms with Crippen LogP contribution in [-0.2, 0) is 15.1 Å². The molecule has 0 atom stereocenters. The lowest BCUT2D eigenvalue weighted by Gasteiger charge is -2.31. The van der Waals surface area contributed by atoms with Crippen LogP contribution in [0.1, 0.15) is 86.4 Å². The molecular weight excluding hydrogens is 851 g/mol. The minimum absolute atomic E-state index is 0.000619. The molecule has 0 spiro atoms. The molecule has 62 heavy (non-hydrogen) atoms. The number of hydrazine groups is 2. The number of azide groups is 1. The number of carbonyl (C=O) groups is 3. The zero-order valence-electron chi connectivity index (χ0n) is 33.6. The number of rotatable bonds is 11. The highest BCUT2D eigenvalue weighted by Gasteiger charge is 2.73. The second-order valence-corrected chi connectivity index (χ2v) is 14.2. The predicted molar refractivity (Wildman–Crippen MR) is 219 cm³/mol. The fourth-order valence-corrected chi connectivity index (χ4v) is 6.29. The number of hydrogen-bond acceptors (Lipinski definition) is 10. The van der Waals surface area contributed by atoms with Crippen LogP contribution < -0.4 is 21.7 Å². The molecule has 1 heterocycles. The van der Waals surface area contributed by atoms with Gasteiger partial charge in [-0.3, -0.25) is 9.80 Å². The van der Waals surface area contributed by atoms with E-state index >= 15 is 0 Å². The quantitative estimate of drug-likeness (QED) is 0.0252. The number of ketones is 1. The highest BCUT2D eigenvalue weighted by atomic mass is 35.5. The van der Waals surface area contributed by atoms with Crippen LogP contribution >= 0.6 is 11.6 Å². The first kappa shape index (κ1) is 48.4. The zero-order chi connectivity index (χ0) is 46.0. The molecular formula is C42H41ClF7N7O5. The molecule has 0 aromatic heterocycles. The maximum atomic E-state index is 14.6. The number of aryl methyl sites for hydroxylation is 2. The van der Waals surface area contributed by atoms with Crippen molar-refractivity contribution in [3.8, 4) is 0 Å². The molecule has 4 N–H and O–H groups in total. The molecule has 2 aliphatic rings. The highest BCUT2D eigenvalue weighted by molar-refractivity contribution is 6.34. The first-order valence-corrected chi connectivity index (χ1v) is 19.2. The number of ether oxygens (including phenoxy) is 2. The normalized spacial score (nSPS) is 13.5. The van der Waals surface area contributed by atoms with Crippen molar-refractivity contribution < 1.29 is 54.6 Å². The number of benzene rings is 4. The molecule has 1 aliphatic heterocycles. The summed E-state index contributed by atoms with van der Waals surface area (Å²) in [5.41, 5.74) is 15.6. The molecule has 330 valence electrons. The van der Waals surface area contributed by atoms with Crippen molar-refractivity contribution in [2.45, 2.75) is 65.0 Å². The van der Waals surface area contributed by atoms with Crippen molar-refractivity contribution in [1.82, 2.24) is 11.0 Å². The third-order valence-electron chi connectivity index (χ3n) is 9.17. The van der Waals surface area contributed by atoms with Gasteiger partial charge >= 0.3 is 30.0 Å². The molecule has 20 heteroatoms. The number of nitrogens with zero attached hydrogens (tertiary/aromatic N) is 4. The van der Waals surface area contributed by atoms with Gasteiger partial charge in [-0.15, -0.1) is 5.53 Å². The number of hydrogen-bond donors (Lipinski definition) is 3. The van der Waals surface area contributed by atoms with Crippen LogP contribution in [-0.4, -0.2) is 43.3 Å². The molecule has 12 nitrogen and oxygen atoms in total. The summed E-state index contributed by atoms with van der Waals surface area (Å²) in [5.74, 6) is -0.471. The van der Waals surface area contributed by atoms with Crippen LogP contribution in [0.4, 0.5) is 47.8 Å². The van der Waals surface area contributed by atoms with Gasteiger partial charge in [0.15, 0.2) is 5.78 Å². The molecule has 4 aromatic carbocycles. The van der Waals surface area contributed by atoms with E-state index in [0.717, 1.165) is 12.8 Å². The fraction of sp³-hybridized carbons (Fsp3) is 0.310. The van der Waals surface area contributed by atoms with Gasteiger partial charge in [-0.25, -0.2) is 14.0 Å². The summed E-state index contributed by atoms with van der Waals surface area (Å²) < 4.78 is 103. The van der Waals surface area contributed by atoms with Crippen molar-refractivity contribution in [1.29, 1.82) is 0 Å². The van der Waals surface area contributed by atoms with Gasteiger partial charge in [0.2, 0.25) is 0 Å². The summed E-state index contributed by atoms with van der Waals surface area (Å²) in [6.45, 7) is 6.79. The van der Waals surface area contributed by atoms with E-state index in [9.17, 15) is 45.1 Å². The maximum absolute atomic E-state index is 14.6. The lowest BCUT2D eigenvalue weighted by Crippen LogP contribution is -2.50. The van der Waals surface area contributed by atoms with Crippen LogP contribution in [0.3, 0.4) is 0 Å². The molecule has 0 amide bonds. The number of Topliss-reactive ketones (excluding diaryl/α,β-unsaturated/α-hetero) is 1. The van der Waals surface area contributed by atoms with Crippen LogP contribution in [0.15, 0.2) is 90.2 Å². The third-order valence-corrected chi connectivity index (χ3v) is 9.49. The number of alkyl halides is 7. The third kappa shape index (κ3) is 12.0. The van der Waals surface area contributed by atoms with E-state index in [-0.39, 0.29) is 22.9 Å². The Balaban J connectivity index is 0.000000264. The average Bonchev–Trinajstić information content (AvgIpc) is 3.89. The van der Waals surface area contributed by atoms with E-state index in [1.807, 2.05) is 0 Å². The Bertz CT molecular complexity index is 2330. The van der Waals surface area contributed by atoms with Gasteiger partial charge in [-0.05, 0) is 112 Å². The second-order valence-electron chi connectivity index (χ2n) is 13.8. The molecule has 4 aromatic rings. The van der Waals surface area contributed by atoms with E-state index in [0.29, 0.717) is 87.7 Å². The van der Waals surface area contributed by atoms with Crippen molar-refractivity contribution >= 4 is 52.1 Å². The van der Waals surface area contributed by atoms with Crippen LogP contribution in [0.25, 0.3) is 16.1 Å². The summed E-state index contributed by atoms with van der Waals surface area (Å²) in [6.07, 6.45) is -8.48. The van der Waals surface area contributed by atoms with Gasteiger partial charge in [0.1, 0.15) is 0 Å². The van der Waals surface area contributed by atoms with Crippen molar-refractivity contribution in [2.24, 2.45) is 11.0 Å². The number of carbonyl (C=O) groups excluding carboxylic acids is 3. The summed E-state index contributed by atoms with van der Waals surface area (Å²) in [7, 11) is 0. The Hall–Kier alpha value is -6.30. The van der Waals surface area contributed by atoms with E-state index in [4.69, 9.17) is 32.3 Å². The van der Waals surface area contributed by atoms with Gasteiger partial charge in [-0.2, -0.15) is 26.3 Å². The van der Waals surface area contributed by atoms with Gasteiger partial charge in [0.05, 0.1) is 40.7 Å². The summed E-state index contributed by atoms with van der Waals surface area (Å²) in [6, 6.07) is 18.9. The lowest BCUT2D eigenvalue weighted by atomic mass is 9.88. The Kier molecular flexibility index (Phi) is 16.0. The molecule has 0 bridgehead atoms. The molecule has 6 rings (SSSR count). The van der Waals surface area contributed by atoms with E-state index < -0.39 is 29.6 Å². The Morgan fingerprint density at radius 1 is 0.855 bits per heavy atom. The number of nitrogens with one attached hydrogen (secondary N) is 2. The summed E-state index contributed by atoms with van der Waals surface area (Å²) in [4.78, 5) is 37.6. The van der Waals surface area contributed by atoms with Gasteiger partial charge in [0.25, 0.3) is 0 Å². The van der Waals surface area contributed by atoms with Crippen molar-refractivity contribution in [3.63, 3.8) is 0 Å². The number of halogens is 8. The predicted octanol–water partition coefficient (Wildman–Crippen LogP) is 11.3. The van der Waals surface area contributed by atoms with Crippen LogP contribution in [0, 0.1) is 19.8 Å². The minimum atomic E-state index is -6.20.